The molecular formula is C26H31F3N2O5. The van der Waals surface area contributed by atoms with Crippen LogP contribution in [0.15, 0.2) is 42.5 Å². The van der Waals surface area contributed by atoms with Gasteiger partial charge in [0.2, 0.25) is 0 Å². The third-order valence-electron chi connectivity index (χ3n) is 6.21. The van der Waals surface area contributed by atoms with Gasteiger partial charge in [-0.3, -0.25) is 4.79 Å². The molecule has 0 radical (unpaired) electrons. The Morgan fingerprint density at radius 2 is 1.72 bits per heavy atom. The Balaban J connectivity index is 1.89. The van der Waals surface area contributed by atoms with Gasteiger partial charge in [-0.25, -0.2) is 4.79 Å². The van der Waals surface area contributed by atoms with E-state index in [1.165, 1.54) is 36.3 Å². The van der Waals surface area contributed by atoms with E-state index in [4.69, 9.17) is 9.47 Å². The van der Waals surface area contributed by atoms with Gasteiger partial charge in [0.05, 0.1) is 12.7 Å². The first-order valence-corrected chi connectivity index (χ1v) is 11.6. The standard InChI is InChI=1S/C26H31F3N2O5/c1-24(2,3)36-23(34)31-13-11-25(12-14-31,17-7-5-8-18(15-17)26(27,28)29)16-30-22(33)21-19(32)9-6-10-20(21)35-4/h5-10,15,32H,11-14,16H2,1-4H3,(H,30,33). The highest BCUT2D eigenvalue weighted by molar-refractivity contribution is 5.99. The molecule has 196 valence electrons. The second-order valence-electron chi connectivity index (χ2n) is 9.86. The van der Waals surface area contributed by atoms with Gasteiger partial charge in [-0.1, -0.05) is 24.3 Å². The van der Waals surface area contributed by atoms with E-state index >= 15 is 0 Å². The van der Waals surface area contributed by atoms with Crippen molar-refractivity contribution in [2.24, 2.45) is 0 Å². The van der Waals surface area contributed by atoms with Crippen molar-refractivity contribution in [2.75, 3.05) is 26.7 Å². The average molecular weight is 509 g/mol. The number of alkyl halides is 3. The molecule has 2 aromatic rings. The summed E-state index contributed by atoms with van der Waals surface area (Å²) in [6, 6.07) is 9.44. The monoisotopic (exact) mass is 508 g/mol. The van der Waals surface area contributed by atoms with Gasteiger partial charge >= 0.3 is 12.3 Å². The number of nitrogens with zero attached hydrogens (tertiary/aromatic N) is 1. The number of halogens is 3. The highest BCUT2D eigenvalue weighted by Gasteiger charge is 2.40. The van der Waals surface area contributed by atoms with Crippen LogP contribution in [0.1, 0.15) is 55.1 Å². The summed E-state index contributed by atoms with van der Waals surface area (Å²) in [5, 5.41) is 13.0. The van der Waals surface area contributed by atoms with Crippen molar-refractivity contribution >= 4 is 12.0 Å². The molecule has 1 saturated heterocycles. The number of piperidine rings is 1. The van der Waals surface area contributed by atoms with E-state index in [-0.39, 0.29) is 36.7 Å². The molecular weight excluding hydrogens is 477 g/mol. The van der Waals surface area contributed by atoms with Crippen molar-refractivity contribution in [1.29, 1.82) is 0 Å². The first-order chi connectivity index (χ1) is 16.8. The van der Waals surface area contributed by atoms with Crippen LogP contribution in [-0.4, -0.2) is 54.4 Å². The fourth-order valence-corrected chi connectivity index (χ4v) is 4.29. The van der Waals surface area contributed by atoms with Crippen molar-refractivity contribution < 1.29 is 37.3 Å². The van der Waals surface area contributed by atoms with Crippen molar-refractivity contribution in [2.45, 2.75) is 50.8 Å². The average Bonchev–Trinajstić information content (AvgIpc) is 2.81. The molecule has 10 heteroatoms. The number of rotatable bonds is 5. The molecule has 1 aliphatic rings. The summed E-state index contributed by atoms with van der Waals surface area (Å²) in [5.41, 5.74) is -2.01. The van der Waals surface area contributed by atoms with Crippen LogP contribution in [0.2, 0.25) is 0 Å². The molecule has 1 fully saturated rings. The summed E-state index contributed by atoms with van der Waals surface area (Å²) in [6.45, 7) is 5.73. The van der Waals surface area contributed by atoms with Crippen molar-refractivity contribution in [1.82, 2.24) is 10.2 Å². The number of methoxy groups -OCH3 is 1. The quantitative estimate of drug-likeness (QED) is 0.586. The van der Waals surface area contributed by atoms with Crippen LogP contribution in [0.5, 0.6) is 11.5 Å². The first-order valence-electron chi connectivity index (χ1n) is 11.6. The normalized spacial score (nSPS) is 15.8. The molecule has 7 nitrogen and oxygen atoms in total. The van der Waals surface area contributed by atoms with E-state index in [1.54, 1.807) is 26.8 Å². The number of nitrogens with one attached hydrogen (secondary N) is 1. The molecule has 0 atom stereocenters. The van der Waals surface area contributed by atoms with E-state index in [0.717, 1.165) is 12.1 Å². The minimum Gasteiger partial charge on any atom is -0.507 e. The molecule has 3 rings (SSSR count). The minimum absolute atomic E-state index is 0.00715. The number of benzene rings is 2. The molecule has 2 N–H and O–H groups in total. The van der Waals surface area contributed by atoms with Crippen LogP contribution in [0.25, 0.3) is 0 Å². The molecule has 0 spiro atoms. The summed E-state index contributed by atoms with van der Waals surface area (Å²) in [7, 11) is 1.36. The zero-order chi connectivity index (χ0) is 26.7. The maximum atomic E-state index is 13.5. The lowest BCUT2D eigenvalue weighted by Crippen LogP contribution is -2.51. The second kappa shape index (κ2) is 10.3. The molecule has 0 saturated carbocycles. The van der Waals surface area contributed by atoms with Gasteiger partial charge in [0.15, 0.2) is 0 Å². The largest absolute Gasteiger partial charge is 0.507 e. The molecule has 36 heavy (non-hydrogen) atoms. The zero-order valence-corrected chi connectivity index (χ0v) is 20.7. The molecule has 2 amide bonds. The molecule has 0 aromatic heterocycles. The molecule has 1 aliphatic heterocycles. The van der Waals surface area contributed by atoms with Gasteiger partial charge in [-0.15, -0.1) is 0 Å². The van der Waals surface area contributed by atoms with E-state index in [2.05, 4.69) is 5.32 Å². The van der Waals surface area contributed by atoms with Crippen LogP contribution >= 0.6 is 0 Å². The molecule has 2 aromatic carbocycles. The Morgan fingerprint density at radius 3 is 2.31 bits per heavy atom. The summed E-state index contributed by atoms with van der Waals surface area (Å²) >= 11 is 0. The van der Waals surface area contributed by atoms with Crippen LogP contribution in [0.4, 0.5) is 18.0 Å². The summed E-state index contributed by atoms with van der Waals surface area (Å²) in [4.78, 5) is 27.1. The third kappa shape index (κ3) is 6.22. The fourth-order valence-electron chi connectivity index (χ4n) is 4.29. The third-order valence-corrected chi connectivity index (χ3v) is 6.21. The number of carbonyl (C=O) groups excluding carboxylic acids is 2. The van der Waals surface area contributed by atoms with Crippen molar-refractivity contribution in [3.05, 3.63) is 59.2 Å². The zero-order valence-electron chi connectivity index (χ0n) is 20.7. The number of phenolic OH excluding ortho intramolecular Hbond substituents is 1. The molecule has 1 heterocycles. The number of hydrogen-bond acceptors (Lipinski definition) is 5. The maximum absolute atomic E-state index is 13.5. The smallest absolute Gasteiger partial charge is 0.416 e. The SMILES string of the molecule is COc1cccc(O)c1C(=O)NCC1(c2cccc(C(F)(F)F)c2)CCN(C(=O)OC(C)(C)C)CC1. The minimum atomic E-state index is -4.53. The van der Waals surface area contributed by atoms with Gasteiger partial charge in [0.1, 0.15) is 22.7 Å². The van der Waals surface area contributed by atoms with Crippen molar-refractivity contribution in [3.8, 4) is 11.5 Å². The fraction of sp³-hybridized carbons (Fsp3) is 0.462. The summed E-state index contributed by atoms with van der Waals surface area (Å²) in [6.07, 6.45) is -4.43. The molecule has 0 aliphatic carbocycles. The van der Waals surface area contributed by atoms with Gasteiger partial charge < -0.3 is 24.8 Å². The lowest BCUT2D eigenvalue weighted by molar-refractivity contribution is -0.137. The van der Waals surface area contributed by atoms with E-state index in [1.807, 2.05) is 0 Å². The highest BCUT2D eigenvalue weighted by atomic mass is 19.4. The number of likely N-dealkylation sites (tertiary alicyclic amines) is 1. The van der Waals surface area contributed by atoms with Gasteiger partial charge in [-0.05, 0) is 57.4 Å². The van der Waals surface area contributed by atoms with E-state index in [9.17, 15) is 27.9 Å². The van der Waals surface area contributed by atoms with Crippen LogP contribution in [0.3, 0.4) is 0 Å². The predicted molar refractivity (Wildman–Crippen MR) is 127 cm³/mol. The van der Waals surface area contributed by atoms with Gasteiger partial charge in [0, 0.05) is 25.0 Å². The van der Waals surface area contributed by atoms with Gasteiger partial charge in [-0.2, -0.15) is 13.2 Å². The Labute approximate surface area is 208 Å². The number of ether oxygens (including phenoxy) is 2. The Kier molecular flexibility index (Phi) is 7.76. The molecule has 0 bridgehead atoms. The number of phenols is 1. The molecule has 0 unspecified atom stereocenters. The second-order valence-corrected chi connectivity index (χ2v) is 9.86. The van der Waals surface area contributed by atoms with E-state index in [0.29, 0.717) is 18.4 Å². The van der Waals surface area contributed by atoms with Gasteiger partial charge in [0.25, 0.3) is 5.91 Å². The first kappa shape index (κ1) is 27.2. The summed E-state index contributed by atoms with van der Waals surface area (Å²) < 4.78 is 51.0. The number of carbonyl (C=O) groups is 2. The highest BCUT2D eigenvalue weighted by Crippen LogP contribution is 2.39. The van der Waals surface area contributed by atoms with Crippen LogP contribution in [-0.2, 0) is 16.3 Å². The number of amides is 2. The predicted octanol–water partition coefficient (Wildman–Crippen LogP) is 5.12. The Bertz CT molecular complexity index is 1100. The lowest BCUT2D eigenvalue weighted by atomic mass is 9.72. The lowest BCUT2D eigenvalue weighted by Gasteiger charge is -2.42. The van der Waals surface area contributed by atoms with E-state index < -0.39 is 34.8 Å². The topological polar surface area (TPSA) is 88.1 Å². The maximum Gasteiger partial charge on any atom is 0.416 e. The van der Waals surface area contributed by atoms with Crippen LogP contribution in [0, 0.1) is 0 Å². The Hall–Kier alpha value is -3.43. The number of aromatic hydroxyl groups is 1. The Morgan fingerprint density at radius 1 is 1.08 bits per heavy atom. The van der Waals surface area contributed by atoms with Crippen LogP contribution < -0.4 is 10.1 Å². The summed E-state index contributed by atoms with van der Waals surface area (Å²) in [5.74, 6) is -0.731. The number of hydrogen-bond donors (Lipinski definition) is 2. The van der Waals surface area contributed by atoms with Crippen molar-refractivity contribution in [3.63, 3.8) is 0 Å².